The highest BCUT2D eigenvalue weighted by atomic mass is 79.9. The van der Waals surface area contributed by atoms with Gasteiger partial charge in [0.25, 0.3) is 0 Å². The molecular weight excluding hydrogens is 301 g/mol. The first-order chi connectivity index (χ1) is 7.56. The molecule has 0 aliphatic heterocycles. The Labute approximate surface area is 106 Å². The third kappa shape index (κ3) is 3.52. The van der Waals surface area contributed by atoms with E-state index in [9.17, 15) is 13.6 Å². The first-order valence-electron chi connectivity index (χ1n) is 4.80. The van der Waals surface area contributed by atoms with Crippen molar-refractivity contribution in [2.24, 2.45) is 0 Å². The van der Waals surface area contributed by atoms with Crippen LogP contribution in [0.2, 0.25) is 0 Å². The van der Waals surface area contributed by atoms with Gasteiger partial charge in [-0.2, -0.15) is 0 Å². The predicted octanol–water partition coefficient (Wildman–Crippen LogP) is 4.32. The fourth-order valence-corrected chi connectivity index (χ4v) is 1.90. The van der Waals surface area contributed by atoms with Gasteiger partial charge in [0.05, 0.1) is 5.56 Å². The van der Waals surface area contributed by atoms with Crippen LogP contribution in [-0.2, 0) is 0 Å². The molecular formula is C11H10BrClF2O. The molecule has 0 saturated heterocycles. The van der Waals surface area contributed by atoms with E-state index in [1.165, 1.54) is 0 Å². The van der Waals surface area contributed by atoms with Crippen LogP contribution in [0.3, 0.4) is 0 Å². The van der Waals surface area contributed by atoms with E-state index in [-0.39, 0.29) is 10.9 Å². The Morgan fingerprint density at radius 1 is 1.25 bits per heavy atom. The minimum Gasteiger partial charge on any atom is -0.294 e. The largest absolute Gasteiger partial charge is 0.294 e. The molecule has 1 aromatic rings. The van der Waals surface area contributed by atoms with Crippen LogP contribution in [0.1, 0.15) is 29.6 Å². The molecule has 1 aromatic carbocycles. The molecule has 0 saturated carbocycles. The van der Waals surface area contributed by atoms with Crippen LogP contribution in [0.25, 0.3) is 0 Å². The van der Waals surface area contributed by atoms with Gasteiger partial charge in [0.1, 0.15) is 11.6 Å². The molecule has 1 nitrogen and oxygen atoms in total. The van der Waals surface area contributed by atoms with Crippen molar-refractivity contribution < 1.29 is 13.6 Å². The van der Waals surface area contributed by atoms with Gasteiger partial charge in [0.15, 0.2) is 5.78 Å². The summed E-state index contributed by atoms with van der Waals surface area (Å²) in [5.74, 6) is -1.74. The van der Waals surface area contributed by atoms with E-state index < -0.39 is 23.0 Å². The van der Waals surface area contributed by atoms with Crippen LogP contribution in [0.15, 0.2) is 16.6 Å². The summed E-state index contributed by atoms with van der Waals surface area (Å²) in [6.45, 7) is 0. The molecule has 0 atom stereocenters. The van der Waals surface area contributed by atoms with Gasteiger partial charge in [-0.3, -0.25) is 4.79 Å². The third-order valence-corrected chi connectivity index (χ3v) is 2.80. The van der Waals surface area contributed by atoms with Gasteiger partial charge in [0, 0.05) is 16.8 Å². The fraction of sp³-hybridized carbons (Fsp3) is 0.364. The van der Waals surface area contributed by atoms with E-state index in [0.29, 0.717) is 18.7 Å². The zero-order valence-corrected chi connectivity index (χ0v) is 10.7. The number of halogens is 4. The fourth-order valence-electron chi connectivity index (χ4n) is 1.31. The average Bonchev–Trinajstić information content (AvgIpc) is 2.16. The second kappa shape index (κ2) is 6.30. The van der Waals surface area contributed by atoms with Gasteiger partial charge in [-0.05, 0) is 25.0 Å². The molecule has 0 bridgehead atoms. The molecule has 1 rings (SSSR count). The van der Waals surface area contributed by atoms with Crippen molar-refractivity contribution in [1.82, 2.24) is 0 Å². The van der Waals surface area contributed by atoms with Crippen molar-refractivity contribution in [3.8, 4) is 0 Å². The van der Waals surface area contributed by atoms with E-state index in [1.807, 2.05) is 0 Å². The maximum Gasteiger partial charge on any atom is 0.168 e. The topological polar surface area (TPSA) is 17.1 Å². The van der Waals surface area contributed by atoms with E-state index in [0.717, 1.165) is 12.1 Å². The van der Waals surface area contributed by atoms with Crippen LogP contribution >= 0.6 is 27.5 Å². The Morgan fingerprint density at radius 2 is 1.81 bits per heavy atom. The number of carbonyl (C=O) groups excluding carboxylic acids is 1. The highest BCUT2D eigenvalue weighted by molar-refractivity contribution is 9.10. The maximum absolute atomic E-state index is 13.4. The quantitative estimate of drug-likeness (QED) is 0.450. The Balaban J connectivity index is 2.83. The summed E-state index contributed by atoms with van der Waals surface area (Å²) >= 11 is 8.40. The zero-order valence-electron chi connectivity index (χ0n) is 8.40. The lowest BCUT2D eigenvalue weighted by atomic mass is 10.0. The summed E-state index contributed by atoms with van der Waals surface area (Å²) in [4.78, 5) is 11.5. The molecule has 0 aromatic heterocycles. The lowest BCUT2D eigenvalue weighted by Crippen LogP contribution is -2.06. The number of carbonyl (C=O) groups is 1. The van der Waals surface area contributed by atoms with E-state index in [2.05, 4.69) is 15.9 Å². The number of ketones is 1. The summed E-state index contributed by atoms with van der Waals surface area (Å²) in [6, 6.07) is 2.16. The molecule has 0 N–H and O–H groups in total. The van der Waals surface area contributed by atoms with E-state index in [4.69, 9.17) is 11.6 Å². The molecule has 0 aliphatic rings. The summed E-state index contributed by atoms with van der Waals surface area (Å²) in [7, 11) is 0. The zero-order chi connectivity index (χ0) is 12.1. The predicted molar refractivity (Wildman–Crippen MR) is 63.0 cm³/mol. The Kier molecular flexibility index (Phi) is 5.35. The lowest BCUT2D eigenvalue weighted by molar-refractivity contribution is 0.0971. The van der Waals surface area contributed by atoms with Crippen LogP contribution in [0.5, 0.6) is 0 Å². The molecule has 0 amide bonds. The smallest absolute Gasteiger partial charge is 0.168 e. The molecule has 0 unspecified atom stereocenters. The second-order valence-corrected chi connectivity index (χ2v) is 4.61. The summed E-state index contributed by atoms with van der Waals surface area (Å²) < 4.78 is 27.0. The maximum atomic E-state index is 13.4. The average molecular weight is 312 g/mol. The Bertz CT molecular complexity index is 373. The monoisotopic (exact) mass is 310 g/mol. The molecule has 0 radical (unpaired) electrons. The SMILES string of the molecule is O=C(CCCCCl)c1c(F)cc(Br)cc1F. The standard InChI is InChI=1S/C11H10BrClF2O/c12-7-5-8(14)11(9(15)6-7)10(16)3-1-2-4-13/h5-6H,1-4H2. The van der Waals surface area contributed by atoms with Gasteiger partial charge < -0.3 is 0 Å². The molecule has 0 aliphatic carbocycles. The molecule has 5 heteroatoms. The Hall–Kier alpha value is -0.480. The van der Waals surface area contributed by atoms with Crippen molar-refractivity contribution >= 4 is 33.3 Å². The number of rotatable bonds is 5. The summed E-state index contributed by atoms with van der Waals surface area (Å²) in [5.41, 5.74) is -0.460. The van der Waals surface area contributed by atoms with E-state index >= 15 is 0 Å². The molecule has 0 spiro atoms. The molecule has 16 heavy (non-hydrogen) atoms. The van der Waals surface area contributed by atoms with Gasteiger partial charge in [-0.1, -0.05) is 15.9 Å². The lowest BCUT2D eigenvalue weighted by Gasteiger charge is -2.04. The van der Waals surface area contributed by atoms with Gasteiger partial charge in [-0.25, -0.2) is 8.78 Å². The minimum atomic E-state index is -0.831. The number of benzene rings is 1. The second-order valence-electron chi connectivity index (χ2n) is 3.31. The van der Waals surface area contributed by atoms with Gasteiger partial charge in [-0.15, -0.1) is 11.6 Å². The number of Topliss-reactive ketones (excluding diaryl/α,β-unsaturated/α-hetero) is 1. The van der Waals surface area contributed by atoms with Crippen LogP contribution in [-0.4, -0.2) is 11.7 Å². The van der Waals surface area contributed by atoms with Gasteiger partial charge in [0.2, 0.25) is 0 Å². The normalized spacial score (nSPS) is 10.5. The number of unbranched alkanes of at least 4 members (excludes halogenated alkanes) is 1. The molecule has 88 valence electrons. The third-order valence-electron chi connectivity index (χ3n) is 2.07. The number of hydrogen-bond acceptors (Lipinski definition) is 1. The van der Waals surface area contributed by atoms with Crippen molar-refractivity contribution in [3.63, 3.8) is 0 Å². The molecule has 0 heterocycles. The first-order valence-corrected chi connectivity index (χ1v) is 6.12. The Morgan fingerprint density at radius 3 is 2.31 bits per heavy atom. The summed E-state index contributed by atoms with van der Waals surface area (Å²) in [5, 5.41) is 0. The van der Waals surface area contributed by atoms with Crippen molar-refractivity contribution in [1.29, 1.82) is 0 Å². The van der Waals surface area contributed by atoms with Crippen molar-refractivity contribution in [3.05, 3.63) is 33.8 Å². The number of hydrogen-bond donors (Lipinski definition) is 0. The number of alkyl halides is 1. The van der Waals surface area contributed by atoms with E-state index in [1.54, 1.807) is 0 Å². The highest BCUT2D eigenvalue weighted by Crippen LogP contribution is 2.21. The van der Waals surface area contributed by atoms with Crippen LogP contribution in [0.4, 0.5) is 8.78 Å². The summed E-state index contributed by atoms with van der Waals surface area (Å²) in [6.07, 6.45) is 1.31. The minimum absolute atomic E-state index is 0.113. The van der Waals surface area contributed by atoms with Gasteiger partial charge >= 0.3 is 0 Å². The molecule has 0 fully saturated rings. The van der Waals surface area contributed by atoms with Crippen LogP contribution < -0.4 is 0 Å². The first kappa shape index (κ1) is 13.6. The van der Waals surface area contributed by atoms with Crippen LogP contribution in [0, 0.1) is 11.6 Å². The van der Waals surface area contributed by atoms with Crippen molar-refractivity contribution in [2.45, 2.75) is 19.3 Å². The van der Waals surface area contributed by atoms with Crippen molar-refractivity contribution in [2.75, 3.05) is 5.88 Å². The highest BCUT2D eigenvalue weighted by Gasteiger charge is 2.17.